The van der Waals surface area contributed by atoms with Gasteiger partial charge in [-0.25, -0.2) is 4.39 Å². The van der Waals surface area contributed by atoms with E-state index in [-0.39, 0.29) is 11.9 Å². The van der Waals surface area contributed by atoms with Gasteiger partial charge in [0.15, 0.2) is 0 Å². The molecule has 20 heavy (non-hydrogen) atoms. The van der Waals surface area contributed by atoms with E-state index in [4.69, 9.17) is 0 Å². The number of benzene rings is 1. The zero-order valence-corrected chi connectivity index (χ0v) is 12.9. The van der Waals surface area contributed by atoms with Gasteiger partial charge in [0, 0.05) is 12.1 Å². The standard InChI is InChI=1S/C17H27FN2/c1-4-20-11-9-16(10-12-20)14(3)19-13(2)15-5-7-17(18)8-6-15/h5-8,13-14,16,19H,4,9-12H2,1-3H3/t13-,14?/m1/s1. The Balaban J connectivity index is 1.84. The first-order valence-corrected chi connectivity index (χ1v) is 7.84. The van der Waals surface area contributed by atoms with Gasteiger partial charge in [-0.15, -0.1) is 0 Å². The number of likely N-dealkylation sites (tertiary alicyclic amines) is 1. The predicted octanol–water partition coefficient (Wildman–Crippen LogP) is 3.60. The number of halogens is 1. The summed E-state index contributed by atoms with van der Waals surface area (Å²) < 4.78 is 12.9. The van der Waals surface area contributed by atoms with Crippen LogP contribution in [0.3, 0.4) is 0 Å². The fraction of sp³-hybridized carbons (Fsp3) is 0.647. The van der Waals surface area contributed by atoms with Gasteiger partial charge in [0.25, 0.3) is 0 Å². The molecule has 1 aliphatic heterocycles. The van der Waals surface area contributed by atoms with Crippen molar-refractivity contribution >= 4 is 0 Å². The van der Waals surface area contributed by atoms with E-state index in [1.54, 1.807) is 0 Å². The maximum Gasteiger partial charge on any atom is 0.123 e. The third-order valence-electron chi connectivity index (χ3n) is 4.67. The Bertz CT molecular complexity index is 396. The molecule has 0 spiro atoms. The normalized spacial score (nSPS) is 20.8. The molecule has 0 aliphatic carbocycles. The van der Waals surface area contributed by atoms with Gasteiger partial charge < -0.3 is 10.2 Å². The molecule has 3 heteroatoms. The molecule has 1 saturated heterocycles. The topological polar surface area (TPSA) is 15.3 Å². The van der Waals surface area contributed by atoms with Gasteiger partial charge in [-0.05, 0) is 69.9 Å². The molecule has 0 radical (unpaired) electrons. The lowest BCUT2D eigenvalue weighted by molar-refractivity contribution is 0.165. The summed E-state index contributed by atoms with van der Waals surface area (Å²) in [5.41, 5.74) is 1.16. The molecule has 112 valence electrons. The van der Waals surface area contributed by atoms with Crippen LogP contribution in [-0.4, -0.2) is 30.6 Å². The molecule has 2 atom stereocenters. The molecule has 1 aromatic carbocycles. The first-order chi connectivity index (χ1) is 9.60. The van der Waals surface area contributed by atoms with Crippen molar-refractivity contribution in [2.75, 3.05) is 19.6 Å². The minimum absolute atomic E-state index is 0.166. The van der Waals surface area contributed by atoms with Gasteiger partial charge in [-0.1, -0.05) is 19.1 Å². The third-order valence-corrected chi connectivity index (χ3v) is 4.67. The molecular formula is C17H27FN2. The SMILES string of the molecule is CCN1CCC(C(C)N[C@H](C)c2ccc(F)cc2)CC1. The van der Waals surface area contributed by atoms with E-state index in [1.807, 2.05) is 12.1 Å². The Morgan fingerprint density at radius 1 is 1.20 bits per heavy atom. The van der Waals surface area contributed by atoms with Crippen LogP contribution >= 0.6 is 0 Å². The summed E-state index contributed by atoms with van der Waals surface area (Å²) in [5.74, 6) is 0.585. The van der Waals surface area contributed by atoms with Crippen molar-refractivity contribution in [3.8, 4) is 0 Å². The number of nitrogens with one attached hydrogen (secondary N) is 1. The zero-order chi connectivity index (χ0) is 14.5. The summed E-state index contributed by atoms with van der Waals surface area (Å²) in [4.78, 5) is 2.52. The van der Waals surface area contributed by atoms with Gasteiger partial charge in [0.1, 0.15) is 5.82 Å². The molecule has 0 saturated carbocycles. The molecule has 1 unspecified atom stereocenters. The fourth-order valence-corrected chi connectivity index (χ4v) is 3.15. The second kappa shape index (κ2) is 7.19. The van der Waals surface area contributed by atoms with E-state index >= 15 is 0 Å². The second-order valence-electron chi connectivity index (χ2n) is 6.00. The minimum atomic E-state index is -0.166. The summed E-state index contributed by atoms with van der Waals surface area (Å²) in [5, 5.41) is 3.68. The van der Waals surface area contributed by atoms with Gasteiger partial charge in [-0.2, -0.15) is 0 Å². The van der Waals surface area contributed by atoms with Gasteiger partial charge in [0.05, 0.1) is 0 Å². The molecule has 1 N–H and O–H groups in total. The summed E-state index contributed by atoms with van der Waals surface area (Å²) in [7, 11) is 0. The first kappa shape index (κ1) is 15.5. The Morgan fingerprint density at radius 3 is 2.35 bits per heavy atom. The maximum atomic E-state index is 12.9. The zero-order valence-electron chi connectivity index (χ0n) is 12.9. The van der Waals surface area contributed by atoms with Gasteiger partial charge in [-0.3, -0.25) is 0 Å². The lowest BCUT2D eigenvalue weighted by Crippen LogP contribution is -2.42. The molecule has 0 amide bonds. The molecule has 0 bridgehead atoms. The molecule has 1 fully saturated rings. The number of hydrogen-bond donors (Lipinski definition) is 1. The largest absolute Gasteiger partial charge is 0.307 e. The second-order valence-corrected chi connectivity index (χ2v) is 6.00. The summed E-state index contributed by atoms with van der Waals surface area (Å²) in [6.07, 6.45) is 2.55. The Hall–Kier alpha value is -0.930. The number of hydrogen-bond acceptors (Lipinski definition) is 2. The molecule has 1 aliphatic rings. The average Bonchev–Trinajstić information content (AvgIpc) is 2.48. The van der Waals surface area contributed by atoms with Crippen molar-refractivity contribution in [2.45, 2.75) is 45.7 Å². The monoisotopic (exact) mass is 278 g/mol. The van der Waals surface area contributed by atoms with Crippen molar-refractivity contribution in [3.05, 3.63) is 35.6 Å². The molecular weight excluding hydrogens is 251 g/mol. The molecule has 0 aromatic heterocycles. The van der Waals surface area contributed by atoms with Gasteiger partial charge >= 0.3 is 0 Å². The van der Waals surface area contributed by atoms with Crippen LogP contribution in [-0.2, 0) is 0 Å². The summed E-state index contributed by atoms with van der Waals surface area (Å²) in [6, 6.07) is 7.61. The number of piperidine rings is 1. The predicted molar refractivity (Wildman–Crippen MR) is 82.3 cm³/mol. The van der Waals surface area contributed by atoms with Crippen LogP contribution in [0, 0.1) is 11.7 Å². The first-order valence-electron chi connectivity index (χ1n) is 7.84. The smallest absolute Gasteiger partial charge is 0.123 e. The third kappa shape index (κ3) is 4.03. The fourth-order valence-electron chi connectivity index (χ4n) is 3.15. The highest BCUT2D eigenvalue weighted by molar-refractivity contribution is 5.19. The highest BCUT2D eigenvalue weighted by Gasteiger charge is 2.24. The highest BCUT2D eigenvalue weighted by atomic mass is 19.1. The summed E-state index contributed by atoms with van der Waals surface area (Å²) >= 11 is 0. The van der Waals surface area contributed by atoms with Gasteiger partial charge in [0.2, 0.25) is 0 Å². The van der Waals surface area contributed by atoms with E-state index in [9.17, 15) is 4.39 Å². The minimum Gasteiger partial charge on any atom is -0.307 e. The highest BCUT2D eigenvalue weighted by Crippen LogP contribution is 2.23. The average molecular weight is 278 g/mol. The van der Waals surface area contributed by atoms with Crippen LogP contribution < -0.4 is 5.32 Å². The van der Waals surface area contributed by atoms with E-state index in [0.29, 0.717) is 6.04 Å². The van der Waals surface area contributed by atoms with E-state index in [0.717, 1.165) is 11.5 Å². The van der Waals surface area contributed by atoms with E-state index in [2.05, 4.69) is 31.0 Å². The molecule has 2 nitrogen and oxygen atoms in total. The Labute approximate surface area is 122 Å². The van der Waals surface area contributed by atoms with Crippen molar-refractivity contribution in [2.24, 2.45) is 5.92 Å². The Kier molecular flexibility index (Phi) is 5.55. The van der Waals surface area contributed by atoms with Crippen LogP contribution in [0.15, 0.2) is 24.3 Å². The van der Waals surface area contributed by atoms with Crippen LogP contribution in [0.2, 0.25) is 0 Å². The van der Waals surface area contributed by atoms with Crippen molar-refractivity contribution in [1.82, 2.24) is 10.2 Å². The number of rotatable bonds is 5. The van der Waals surface area contributed by atoms with Crippen LogP contribution in [0.1, 0.15) is 45.2 Å². The maximum absolute atomic E-state index is 12.9. The molecule has 2 rings (SSSR count). The molecule has 1 aromatic rings. The lowest BCUT2D eigenvalue weighted by Gasteiger charge is -2.35. The van der Waals surface area contributed by atoms with Crippen molar-refractivity contribution < 1.29 is 4.39 Å². The van der Waals surface area contributed by atoms with Crippen LogP contribution in [0.5, 0.6) is 0 Å². The molecule has 1 heterocycles. The van der Waals surface area contributed by atoms with E-state index < -0.39 is 0 Å². The Morgan fingerprint density at radius 2 is 1.80 bits per heavy atom. The van der Waals surface area contributed by atoms with Crippen molar-refractivity contribution in [3.63, 3.8) is 0 Å². The van der Waals surface area contributed by atoms with Crippen LogP contribution in [0.25, 0.3) is 0 Å². The van der Waals surface area contributed by atoms with Crippen LogP contribution in [0.4, 0.5) is 4.39 Å². The quantitative estimate of drug-likeness (QED) is 0.885. The lowest BCUT2D eigenvalue weighted by atomic mass is 9.89. The summed E-state index contributed by atoms with van der Waals surface area (Å²) in [6.45, 7) is 10.3. The van der Waals surface area contributed by atoms with E-state index in [1.165, 1.54) is 44.6 Å². The van der Waals surface area contributed by atoms with Crippen molar-refractivity contribution in [1.29, 1.82) is 0 Å². The number of nitrogens with zero attached hydrogens (tertiary/aromatic N) is 1.